The molecule has 1 aliphatic heterocycles. The van der Waals surface area contributed by atoms with E-state index >= 15 is 0 Å². The average Bonchev–Trinajstić information content (AvgIpc) is 2.68. The van der Waals surface area contributed by atoms with Gasteiger partial charge in [0.2, 0.25) is 0 Å². The Morgan fingerprint density at radius 2 is 2.00 bits per heavy atom. The van der Waals surface area contributed by atoms with Gasteiger partial charge in [-0.1, -0.05) is 0 Å². The lowest BCUT2D eigenvalue weighted by Gasteiger charge is -2.31. The number of aryl methyl sites for hydroxylation is 1. The van der Waals surface area contributed by atoms with E-state index in [1.807, 2.05) is 7.05 Å². The van der Waals surface area contributed by atoms with Gasteiger partial charge in [0.1, 0.15) is 4.90 Å². The molecule has 1 aliphatic rings. The van der Waals surface area contributed by atoms with E-state index < -0.39 is 10.0 Å². The maximum absolute atomic E-state index is 12.0. The molecule has 2 rings (SSSR count). The van der Waals surface area contributed by atoms with Crippen molar-refractivity contribution in [2.75, 3.05) is 33.2 Å². The highest BCUT2D eigenvalue weighted by Gasteiger charge is 2.23. The zero-order valence-corrected chi connectivity index (χ0v) is 10.8. The summed E-state index contributed by atoms with van der Waals surface area (Å²) in [5, 5.41) is 8.07. The normalized spacial score (nSPS) is 19.6. The fourth-order valence-corrected chi connectivity index (χ4v) is 2.99. The zero-order valence-electron chi connectivity index (χ0n) is 9.97. The van der Waals surface area contributed by atoms with Crippen molar-refractivity contribution in [1.82, 2.24) is 24.9 Å². The Bertz CT molecular complexity index is 475. The third-order valence-corrected chi connectivity index (χ3v) is 4.31. The first-order chi connectivity index (χ1) is 7.99. The molecular weight excluding hydrogens is 242 g/mol. The maximum atomic E-state index is 12.0. The van der Waals surface area contributed by atoms with Gasteiger partial charge in [0.05, 0.1) is 11.9 Å². The highest BCUT2D eigenvalue weighted by Crippen LogP contribution is 2.11. The lowest BCUT2D eigenvalue weighted by atomic mass is 10.4. The van der Waals surface area contributed by atoms with Crippen molar-refractivity contribution < 1.29 is 8.42 Å². The predicted molar refractivity (Wildman–Crippen MR) is 62.7 cm³/mol. The minimum absolute atomic E-state index is 0.205. The number of rotatable bonds is 3. The fraction of sp³-hybridized carbons (Fsp3) is 0.667. The van der Waals surface area contributed by atoms with Gasteiger partial charge in [-0.05, 0) is 14.0 Å². The summed E-state index contributed by atoms with van der Waals surface area (Å²) in [5.74, 6) is 0. The summed E-state index contributed by atoms with van der Waals surface area (Å²) in [5.41, 5.74) is 0.548. The molecule has 1 fully saturated rings. The summed E-state index contributed by atoms with van der Waals surface area (Å²) in [6.45, 7) is 4.77. The number of hydrazine groups is 1. The molecule has 0 amide bonds. The van der Waals surface area contributed by atoms with Crippen LogP contribution in [0.2, 0.25) is 0 Å². The van der Waals surface area contributed by atoms with Gasteiger partial charge >= 0.3 is 0 Å². The van der Waals surface area contributed by atoms with Crippen LogP contribution in [-0.4, -0.2) is 61.8 Å². The fourth-order valence-electron chi connectivity index (χ4n) is 1.73. The second kappa shape index (κ2) is 4.73. The summed E-state index contributed by atoms with van der Waals surface area (Å²) in [6, 6.07) is 0. The van der Waals surface area contributed by atoms with E-state index in [-0.39, 0.29) is 4.90 Å². The average molecular weight is 259 g/mol. The Hall–Kier alpha value is -0.960. The van der Waals surface area contributed by atoms with E-state index in [2.05, 4.69) is 19.9 Å². The van der Waals surface area contributed by atoms with Crippen LogP contribution in [0.15, 0.2) is 11.1 Å². The Balaban J connectivity index is 2.06. The molecule has 1 aromatic heterocycles. The Labute approximate surface area is 101 Å². The number of hydrogen-bond donors (Lipinski definition) is 2. The van der Waals surface area contributed by atoms with Crippen LogP contribution < -0.4 is 4.83 Å². The number of aromatic amines is 1. The molecule has 7 nitrogen and oxygen atoms in total. The third-order valence-electron chi connectivity index (χ3n) is 2.83. The topological polar surface area (TPSA) is 81.3 Å². The molecular formula is C9H17N5O2S. The van der Waals surface area contributed by atoms with Crippen molar-refractivity contribution in [3.05, 3.63) is 11.9 Å². The van der Waals surface area contributed by atoms with Crippen molar-refractivity contribution in [2.24, 2.45) is 0 Å². The molecule has 0 unspecified atom stereocenters. The lowest BCUT2D eigenvalue weighted by molar-refractivity contribution is 0.135. The molecule has 0 atom stereocenters. The predicted octanol–water partition coefficient (Wildman–Crippen LogP) is -0.841. The van der Waals surface area contributed by atoms with Crippen LogP contribution in [0.3, 0.4) is 0 Å². The van der Waals surface area contributed by atoms with Gasteiger partial charge in [0.25, 0.3) is 10.0 Å². The molecule has 0 spiro atoms. The number of aromatic nitrogens is 2. The van der Waals surface area contributed by atoms with Crippen LogP contribution in [0.1, 0.15) is 5.69 Å². The maximum Gasteiger partial charge on any atom is 0.256 e. The molecule has 0 aliphatic carbocycles. The van der Waals surface area contributed by atoms with Gasteiger partial charge in [-0.15, -0.1) is 4.83 Å². The molecule has 2 heterocycles. The molecule has 0 bridgehead atoms. The van der Waals surface area contributed by atoms with Gasteiger partial charge in [-0.3, -0.25) is 5.10 Å². The third kappa shape index (κ3) is 2.83. The highest BCUT2D eigenvalue weighted by atomic mass is 32.2. The second-order valence-corrected chi connectivity index (χ2v) is 5.87. The summed E-state index contributed by atoms with van der Waals surface area (Å²) >= 11 is 0. The summed E-state index contributed by atoms with van der Waals surface area (Å²) in [6.07, 6.45) is 1.33. The molecule has 17 heavy (non-hydrogen) atoms. The Morgan fingerprint density at radius 3 is 2.53 bits per heavy atom. The van der Waals surface area contributed by atoms with E-state index in [9.17, 15) is 8.42 Å². The van der Waals surface area contributed by atoms with Gasteiger partial charge in [0, 0.05) is 26.2 Å². The molecule has 1 aromatic rings. The zero-order chi connectivity index (χ0) is 12.5. The monoisotopic (exact) mass is 259 g/mol. The van der Waals surface area contributed by atoms with E-state index in [0.717, 1.165) is 13.1 Å². The summed E-state index contributed by atoms with van der Waals surface area (Å²) in [4.78, 5) is 4.94. The van der Waals surface area contributed by atoms with Crippen LogP contribution in [0, 0.1) is 6.92 Å². The SMILES string of the molecule is Cc1[nH]ncc1S(=O)(=O)NN1CCN(C)CC1. The number of hydrogen-bond acceptors (Lipinski definition) is 5. The first-order valence-electron chi connectivity index (χ1n) is 5.45. The van der Waals surface area contributed by atoms with Crippen LogP contribution in [-0.2, 0) is 10.0 Å². The number of nitrogens with zero attached hydrogens (tertiary/aromatic N) is 3. The van der Waals surface area contributed by atoms with Gasteiger partial charge in [-0.2, -0.15) is 5.10 Å². The molecule has 96 valence electrons. The Kier molecular flexibility index (Phi) is 3.48. The number of piperazine rings is 1. The van der Waals surface area contributed by atoms with Crippen molar-refractivity contribution in [3.8, 4) is 0 Å². The first kappa shape index (κ1) is 12.5. The second-order valence-electron chi connectivity index (χ2n) is 4.24. The minimum Gasteiger partial charge on any atom is -0.304 e. The highest BCUT2D eigenvalue weighted by molar-refractivity contribution is 7.89. The van der Waals surface area contributed by atoms with E-state index in [1.165, 1.54) is 6.20 Å². The largest absolute Gasteiger partial charge is 0.304 e. The first-order valence-corrected chi connectivity index (χ1v) is 6.93. The number of likely N-dealkylation sites (N-methyl/N-ethyl adjacent to an activating group) is 1. The molecule has 2 N–H and O–H groups in total. The van der Waals surface area contributed by atoms with Crippen LogP contribution >= 0.6 is 0 Å². The number of nitrogens with one attached hydrogen (secondary N) is 2. The number of sulfonamides is 1. The van der Waals surface area contributed by atoms with Crippen molar-refractivity contribution in [2.45, 2.75) is 11.8 Å². The van der Waals surface area contributed by atoms with Crippen LogP contribution in [0.5, 0.6) is 0 Å². The quantitative estimate of drug-likeness (QED) is 0.739. The number of H-pyrrole nitrogens is 1. The van der Waals surface area contributed by atoms with Crippen molar-refractivity contribution >= 4 is 10.0 Å². The van der Waals surface area contributed by atoms with Crippen LogP contribution in [0.25, 0.3) is 0 Å². The lowest BCUT2D eigenvalue weighted by Crippen LogP contribution is -2.52. The summed E-state index contributed by atoms with van der Waals surface area (Å²) in [7, 11) is -1.48. The molecule has 0 aromatic carbocycles. The van der Waals surface area contributed by atoms with Crippen molar-refractivity contribution in [3.63, 3.8) is 0 Å². The molecule has 0 radical (unpaired) electrons. The van der Waals surface area contributed by atoms with Crippen molar-refractivity contribution in [1.29, 1.82) is 0 Å². The Morgan fingerprint density at radius 1 is 1.35 bits per heavy atom. The van der Waals surface area contributed by atoms with E-state index in [4.69, 9.17) is 0 Å². The van der Waals surface area contributed by atoms with Gasteiger partial charge in [0.15, 0.2) is 0 Å². The smallest absolute Gasteiger partial charge is 0.256 e. The van der Waals surface area contributed by atoms with Crippen LogP contribution in [0.4, 0.5) is 0 Å². The minimum atomic E-state index is -3.50. The molecule has 1 saturated heterocycles. The molecule has 0 saturated carbocycles. The molecule has 8 heteroatoms. The van der Waals surface area contributed by atoms with Gasteiger partial charge < -0.3 is 4.90 Å². The standard InChI is InChI=1S/C9H17N5O2S/c1-8-9(7-10-11-8)17(15,16)12-14-5-3-13(2)4-6-14/h7,12H,3-6H2,1-2H3,(H,10,11). The van der Waals surface area contributed by atoms with E-state index in [0.29, 0.717) is 18.8 Å². The summed E-state index contributed by atoms with van der Waals surface area (Å²) < 4.78 is 24.1. The van der Waals surface area contributed by atoms with Gasteiger partial charge in [-0.25, -0.2) is 13.4 Å². The van der Waals surface area contributed by atoms with E-state index in [1.54, 1.807) is 11.9 Å².